The molecule has 3 nitrogen and oxygen atoms in total. The monoisotopic (exact) mass is 397 g/mol. The van der Waals surface area contributed by atoms with E-state index in [1.54, 1.807) is 20.8 Å². The van der Waals surface area contributed by atoms with E-state index in [2.05, 4.69) is 0 Å². The average molecular weight is 397 g/mol. The Labute approximate surface area is 153 Å². The summed E-state index contributed by atoms with van der Waals surface area (Å²) in [7, 11) is 0. The molecule has 9 heteroatoms. The molecule has 0 spiro atoms. The van der Waals surface area contributed by atoms with Crippen LogP contribution in [0.4, 0.5) is 32.0 Å². The Kier molecular flexibility index (Phi) is 5.58. The van der Waals surface area contributed by atoms with Crippen LogP contribution in [0, 0.1) is 5.92 Å². The number of amides is 1. The second-order valence-electron chi connectivity index (χ2n) is 7.15. The van der Waals surface area contributed by atoms with Crippen molar-refractivity contribution in [3.05, 3.63) is 29.3 Å². The van der Waals surface area contributed by atoms with Gasteiger partial charge < -0.3 is 10.0 Å². The first-order valence-corrected chi connectivity index (χ1v) is 8.54. The molecule has 0 fully saturated rings. The van der Waals surface area contributed by atoms with Crippen molar-refractivity contribution in [3.63, 3.8) is 0 Å². The highest BCUT2D eigenvalue weighted by atomic mass is 19.4. The Morgan fingerprint density at radius 1 is 1.15 bits per heavy atom. The first kappa shape index (κ1) is 21.5. The maximum atomic E-state index is 13.1. The predicted octanol–water partition coefficient (Wildman–Crippen LogP) is 4.71. The van der Waals surface area contributed by atoms with Crippen molar-refractivity contribution in [1.82, 2.24) is 0 Å². The fourth-order valence-electron chi connectivity index (χ4n) is 3.30. The summed E-state index contributed by atoms with van der Waals surface area (Å²) in [5.41, 5.74) is -5.81. The minimum Gasteiger partial charge on any atom is -0.369 e. The van der Waals surface area contributed by atoms with Crippen molar-refractivity contribution >= 4 is 11.6 Å². The molecule has 1 aliphatic heterocycles. The zero-order valence-corrected chi connectivity index (χ0v) is 15.1. The van der Waals surface area contributed by atoms with Crippen molar-refractivity contribution in [2.45, 2.75) is 64.0 Å². The first-order chi connectivity index (χ1) is 12.2. The zero-order valence-electron chi connectivity index (χ0n) is 15.1. The third-order valence-corrected chi connectivity index (χ3v) is 4.82. The fourth-order valence-corrected chi connectivity index (χ4v) is 3.30. The Morgan fingerprint density at radius 2 is 1.70 bits per heavy atom. The van der Waals surface area contributed by atoms with Crippen LogP contribution < -0.4 is 4.90 Å². The molecule has 0 aromatic heterocycles. The summed E-state index contributed by atoms with van der Waals surface area (Å²) in [5, 5.41) is 9.61. The summed E-state index contributed by atoms with van der Waals surface area (Å²) in [6.45, 7) is 5.12. The van der Waals surface area contributed by atoms with Crippen LogP contribution in [-0.4, -0.2) is 29.4 Å². The Balaban J connectivity index is 2.64. The van der Waals surface area contributed by atoms with Crippen LogP contribution >= 0.6 is 0 Å². The molecule has 1 heterocycles. The number of rotatable bonds is 2. The van der Waals surface area contributed by atoms with E-state index >= 15 is 0 Å². The van der Waals surface area contributed by atoms with Gasteiger partial charge in [-0.25, -0.2) is 0 Å². The van der Waals surface area contributed by atoms with Gasteiger partial charge in [0.15, 0.2) is 0 Å². The second-order valence-corrected chi connectivity index (χ2v) is 7.15. The summed E-state index contributed by atoms with van der Waals surface area (Å²) in [4.78, 5) is 14.0. The maximum Gasteiger partial charge on any atom is 0.430 e. The minimum atomic E-state index is -5.94. The van der Waals surface area contributed by atoms with E-state index in [0.29, 0.717) is 18.9 Å². The molecular weight excluding hydrogens is 376 g/mol. The molecule has 1 aliphatic rings. The van der Waals surface area contributed by atoms with E-state index in [4.69, 9.17) is 0 Å². The topological polar surface area (TPSA) is 40.5 Å². The van der Waals surface area contributed by atoms with Crippen LogP contribution in [0.25, 0.3) is 0 Å². The summed E-state index contributed by atoms with van der Waals surface area (Å²) < 4.78 is 78.8. The van der Waals surface area contributed by atoms with Gasteiger partial charge in [-0.05, 0) is 37.8 Å². The van der Waals surface area contributed by atoms with Crippen molar-refractivity contribution < 1.29 is 36.2 Å². The van der Waals surface area contributed by atoms with Gasteiger partial charge in [0.1, 0.15) is 0 Å². The summed E-state index contributed by atoms with van der Waals surface area (Å²) in [6.07, 6.45) is -10.6. The highest BCUT2D eigenvalue weighted by molar-refractivity contribution is 5.96. The summed E-state index contributed by atoms with van der Waals surface area (Å²) in [5.74, 6) is -0.652. The Bertz CT molecular complexity index is 697. The lowest BCUT2D eigenvalue weighted by Gasteiger charge is -2.34. The molecule has 0 bridgehead atoms. The van der Waals surface area contributed by atoms with Crippen LogP contribution in [0.3, 0.4) is 0 Å². The van der Waals surface area contributed by atoms with Crippen LogP contribution in [0.15, 0.2) is 18.2 Å². The van der Waals surface area contributed by atoms with E-state index in [9.17, 15) is 36.2 Å². The van der Waals surface area contributed by atoms with Gasteiger partial charge >= 0.3 is 12.4 Å². The van der Waals surface area contributed by atoms with Gasteiger partial charge in [0.2, 0.25) is 5.91 Å². The van der Waals surface area contributed by atoms with E-state index < -0.39 is 23.5 Å². The van der Waals surface area contributed by atoms with Gasteiger partial charge in [0.25, 0.3) is 5.60 Å². The molecule has 1 unspecified atom stereocenters. The maximum absolute atomic E-state index is 13.1. The van der Waals surface area contributed by atoms with Gasteiger partial charge in [-0.2, -0.15) is 26.3 Å². The lowest BCUT2D eigenvalue weighted by Crippen LogP contribution is -2.54. The lowest BCUT2D eigenvalue weighted by atomic mass is 9.89. The number of alkyl halides is 6. The largest absolute Gasteiger partial charge is 0.430 e. The Hall–Kier alpha value is -1.77. The number of carbonyl (C=O) groups excluding carboxylic acids is 1. The van der Waals surface area contributed by atoms with Gasteiger partial charge in [-0.15, -0.1) is 0 Å². The molecule has 152 valence electrons. The van der Waals surface area contributed by atoms with Crippen LogP contribution in [0.5, 0.6) is 0 Å². The average Bonchev–Trinajstić information content (AvgIpc) is 2.68. The van der Waals surface area contributed by atoms with Gasteiger partial charge in [-0.3, -0.25) is 4.79 Å². The minimum absolute atomic E-state index is 0.178. The predicted molar refractivity (Wildman–Crippen MR) is 87.2 cm³/mol. The molecule has 0 saturated heterocycles. The number of carbonyl (C=O) groups is 1. The molecular formula is C18H21F6NO2. The van der Waals surface area contributed by atoms with E-state index in [-0.39, 0.29) is 35.5 Å². The van der Waals surface area contributed by atoms with Crippen LogP contribution in [0.2, 0.25) is 0 Å². The number of nitrogens with zero attached hydrogens (tertiary/aromatic N) is 1. The molecule has 0 saturated carbocycles. The highest BCUT2D eigenvalue weighted by Gasteiger charge is 2.71. The molecule has 1 atom stereocenters. The second kappa shape index (κ2) is 7.00. The third-order valence-electron chi connectivity index (χ3n) is 4.82. The molecule has 1 amide bonds. The standard InChI is InChI=1S/C18H21F6NO2/c1-10(2)15(26)25-11(3)5-4-6-12-9-13(7-8-14(12)25)16(27,17(19,20)21)18(22,23)24/h7-11,27H,4-6H2,1-3H3. The number of aryl methyl sites for hydroxylation is 1. The molecule has 0 radical (unpaired) electrons. The quantitative estimate of drug-likeness (QED) is 0.734. The van der Waals surface area contributed by atoms with Gasteiger partial charge in [0, 0.05) is 23.2 Å². The molecule has 1 aromatic carbocycles. The number of benzene rings is 1. The molecule has 1 aromatic rings. The fraction of sp³-hybridized carbons (Fsp3) is 0.611. The van der Waals surface area contributed by atoms with Crippen LogP contribution in [0.1, 0.15) is 44.7 Å². The van der Waals surface area contributed by atoms with Crippen LogP contribution in [-0.2, 0) is 16.8 Å². The third kappa shape index (κ3) is 3.66. The first-order valence-electron chi connectivity index (χ1n) is 8.54. The van der Waals surface area contributed by atoms with E-state index in [1.165, 1.54) is 4.90 Å². The molecule has 2 rings (SSSR count). The number of aliphatic hydroxyl groups is 1. The van der Waals surface area contributed by atoms with Crippen molar-refractivity contribution in [1.29, 1.82) is 0 Å². The molecule has 0 aliphatic carbocycles. The van der Waals surface area contributed by atoms with Crippen molar-refractivity contribution in [2.24, 2.45) is 5.92 Å². The van der Waals surface area contributed by atoms with E-state index in [0.717, 1.165) is 12.1 Å². The smallest absolute Gasteiger partial charge is 0.369 e. The normalized spacial score (nSPS) is 19.1. The molecule has 27 heavy (non-hydrogen) atoms. The highest BCUT2D eigenvalue weighted by Crippen LogP contribution is 2.50. The number of halogens is 6. The lowest BCUT2D eigenvalue weighted by molar-refractivity contribution is -0.376. The van der Waals surface area contributed by atoms with Crippen molar-refractivity contribution in [2.75, 3.05) is 4.90 Å². The zero-order chi connectivity index (χ0) is 20.8. The molecule has 1 N–H and O–H groups in total. The SMILES string of the molecule is CC(C)C(=O)N1c2ccc(C(O)(C(F)(F)F)C(F)(F)F)cc2CCCC1C. The van der Waals surface area contributed by atoms with Gasteiger partial charge in [0.05, 0.1) is 0 Å². The number of anilines is 1. The van der Waals surface area contributed by atoms with Gasteiger partial charge in [-0.1, -0.05) is 26.0 Å². The Morgan fingerprint density at radius 3 is 2.19 bits per heavy atom. The number of hydrogen-bond acceptors (Lipinski definition) is 2. The van der Waals surface area contributed by atoms with E-state index in [1.807, 2.05) is 0 Å². The summed E-state index contributed by atoms with van der Waals surface area (Å²) >= 11 is 0. The summed E-state index contributed by atoms with van der Waals surface area (Å²) in [6, 6.07) is 2.14. The number of hydrogen-bond donors (Lipinski definition) is 1. The van der Waals surface area contributed by atoms with Crippen molar-refractivity contribution in [3.8, 4) is 0 Å². The number of fused-ring (bicyclic) bond motifs is 1.